The molecular weight excluding hydrogens is 516 g/mol. The maximum Gasteiger partial charge on any atom is 0.416 e. The first-order chi connectivity index (χ1) is 16.3. The number of hydrogen-bond acceptors (Lipinski definition) is 4. The van der Waals surface area contributed by atoms with E-state index in [1.54, 1.807) is 37.3 Å². The van der Waals surface area contributed by atoms with Crippen molar-refractivity contribution in [2.24, 2.45) is 0 Å². The molecule has 2 heterocycles. The normalized spacial score (nSPS) is 12.2. The zero-order valence-electron chi connectivity index (χ0n) is 17.7. The van der Waals surface area contributed by atoms with Gasteiger partial charge in [-0.05, 0) is 48.9 Å². The van der Waals surface area contributed by atoms with Gasteiger partial charge >= 0.3 is 12.4 Å². The lowest BCUT2D eigenvalue weighted by molar-refractivity contribution is -0.143. The van der Waals surface area contributed by atoms with E-state index < -0.39 is 35.0 Å². The van der Waals surface area contributed by atoms with Gasteiger partial charge in [0.15, 0.2) is 5.13 Å². The van der Waals surface area contributed by atoms with E-state index in [-0.39, 0.29) is 17.7 Å². The smallest absolute Gasteiger partial charge is 0.278 e. The molecule has 2 aromatic heterocycles. The molecule has 0 aliphatic rings. The van der Waals surface area contributed by atoms with Gasteiger partial charge in [0.05, 0.1) is 38.6 Å². The fourth-order valence-corrected chi connectivity index (χ4v) is 4.63. The second-order valence-electron chi connectivity index (χ2n) is 7.55. The van der Waals surface area contributed by atoms with Gasteiger partial charge in [0, 0.05) is 11.8 Å². The number of amides is 1. The van der Waals surface area contributed by atoms with Gasteiger partial charge in [-0.1, -0.05) is 35.1 Å². The van der Waals surface area contributed by atoms with Crippen LogP contribution in [0, 0.1) is 6.92 Å². The second-order valence-corrected chi connectivity index (χ2v) is 8.93. The summed E-state index contributed by atoms with van der Waals surface area (Å²) in [5, 5.41) is 0.399. The Balaban J connectivity index is 1.88. The molecule has 0 fully saturated rings. The monoisotopic (exact) mass is 529 g/mol. The quantitative estimate of drug-likeness (QED) is 0.257. The Morgan fingerprint density at radius 3 is 2.20 bits per heavy atom. The zero-order valence-corrected chi connectivity index (χ0v) is 19.3. The van der Waals surface area contributed by atoms with Crippen molar-refractivity contribution >= 4 is 44.2 Å². The van der Waals surface area contributed by atoms with Gasteiger partial charge in [-0.2, -0.15) is 26.3 Å². The van der Waals surface area contributed by atoms with Crippen LogP contribution in [0.2, 0.25) is 5.02 Å². The number of benzene rings is 2. The summed E-state index contributed by atoms with van der Waals surface area (Å²) in [4.78, 5) is 23.0. The molecule has 0 aliphatic heterocycles. The summed E-state index contributed by atoms with van der Waals surface area (Å²) in [7, 11) is 0. The molecular formula is C23H14ClF6N3OS. The predicted molar refractivity (Wildman–Crippen MR) is 121 cm³/mol. The van der Waals surface area contributed by atoms with Crippen LogP contribution in [0.15, 0.2) is 54.7 Å². The Labute approximate surface area is 203 Å². The summed E-state index contributed by atoms with van der Waals surface area (Å²) in [6.07, 6.45) is -8.74. The number of aryl methyl sites for hydroxylation is 1. The average Bonchev–Trinajstić information content (AvgIpc) is 3.25. The van der Waals surface area contributed by atoms with E-state index in [0.717, 1.165) is 21.8 Å². The molecule has 182 valence electrons. The topological polar surface area (TPSA) is 46.1 Å². The van der Waals surface area contributed by atoms with Crippen molar-refractivity contribution in [3.63, 3.8) is 0 Å². The van der Waals surface area contributed by atoms with E-state index in [2.05, 4.69) is 9.97 Å². The largest absolute Gasteiger partial charge is 0.416 e. The summed E-state index contributed by atoms with van der Waals surface area (Å²) in [5.74, 6) is -1.10. The number of halogens is 7. The molecule has 4 aromatic rings. The lowest BCUT2D eigenvalue weighted by Gasteiger charge is -2.21. The summed E-state index contributed by atoms with van der Waals surface area (Å²) in [5.41, 5.74) is -2.41. The molecule has 4 nitrogen and oxygen atoms in total. The molecule has 0 spiro atoms. The molecule has 4 rings (SSSR count). The Hall–Kier alpha value is -3.18. The maximum atomic E-state index is 13.5. The SMILES string of the molecule is Cc1ccc(Cl)c2sc(N(Cc3ccccn3)C(=O)c3cc(C(F)(F)F)cc(C(F)(F)F)c3)nc12. The van der Waals surface area contributed by atoms with Crippen molar-refractivity contribution in [3.05, 3.63) is 87.7 Å². The van der Waals surface area contributed by atoms with Crippen molar-refractivity contribution in [3.8, 4) is 0 Å². The Bertz CT molecular complexity index is 1330. The van der Waals surface area contributed by atoms with Crippen molar-refractivity contribution < 1.29 is 31.1 Å². The van der Waals surface area contributed by atoms with Crippen LogP contribution in [0.3, 0.4) is 0 Å². The third-order valence-corrected chi connectivity index (χ3v) is 6.58. The van der Waals surface area contributed by atoms with Crippen LogP contribution in [-0.4, -0.2) is 15.9 Å². The van der Waals surface area contributed by atoms with Crippen LogP contribution in [0.1, 0.15) is 32.7 Å². The average molecular weight is 530 g/mol. The van der Waals surface area contributed by atoms with Crippen LogP contribution < -0.4 is 4.90 Å². The van der Waals surface area contributed by atoms with Gasteiger partial charge in [0.2, 0.25) is 0 Å². The molecule has 12 heteroatoms. The number of thiazole rings is 1. The van der Waals surface area contributed by atoms with Crippen LogP contribution in [0.25, 0.3) is 10.2 Å². The molecule has 0 saturated carbocycles. The third kappa shape index (κ3) is 5.25. The molecule has 0 bridgehead atoms. The molecule has 35 heavy (non-hydrogen) atoms. The fourth-order valence-electron chi connectivity index (χ4n) is 3.32. The molecule has 2 aromatic carbocycles. The Morgan fingerprint density at radius 1 is 1.00 bits per heavy atom. The summed E-state index contributed by atoms with van der Waals surface area (Å²) < 4.78 is 80.8. The van der Waals surface area contributed by atoms with Crippen LogP contribution in [0.5, 0.6) is 0 Å². The second kappa shape index (κ2) is 9.12. The van der Waals surface area contributed by atoms with Crippen LogP contribution in [0.4, 0.5) is 31.5 Å². The highest BCUT2D eigenvalue weighted by atomic mass is 35.5. The Kier molecular flexibility index (Phi) is 6.50. The highest BCUT2D eigenvalue weighted by Gasteiger charge is 2.38. The van der Waals surface area contributed by atoms with E-state index in [9.17, 15) is 31.1 Å². The number of carbonyl (C=O) groups is 1. The minimum atomic E-state index is -5.09. The molecule has 0 unspecified atom stereocenters. The van der Waals surface area contributed by atoms with Gasteiger partial charge < -0.3 is 0 Å². The number of aromatic nitrogens is 2. The number of rotatable bonds is 4. The minimum Gasteiger partial charge on any atom is -0.278 e. The predicted octanol–water partition coefficient (Wildman–Crippen LogP) is 7.54. The van der Waals surface area contributed by atoms with Crippen LogP contribution in [-0.2, 0) is 18.9 Å². The molecule has 0 aliphatic carbocycles. The van der Waals surface area contributed by atoms with E-state index in [1.165, 1.54) is 6.20 Å². The number of anilines is 1. The first-order valence-corrected chi connectivity index (χ1v) is 11.1. The van der Waals surface area contributed by atoms with E-state index >= 15 is 0 Å². The zero-order chi connectivity index (χ0) is 25.5. The maximum absolute atomic E-state index is 13.5. The van der Waals surface area contributed by atoms with Crippen LogP contribution >= 0.6 is 22.9 Å². The lowest BCUT2D eigenvalue weighted by atomic mass is 10.0. The minimum absolute atomic E-state index is 0.0271. The number of nitrogens with zero attached hydrogens (tertiary/aromatic N) is 3. The fraction of sp³-hybridized carbons (Fsp3) is 0.174. The van der Waals surface area contributed by atoms with Crippen molar-refractivity contribution in [1.29, 1.82) is 0 Å². The first kappa shape index (κ1) is 24.9. The van der Waals surface area contributed by atoms with E-state index in [0.29, 0.717) is 33.1 Å². The summed E-state index contributed by atoms with van der Waals surface area (Å²) in [6, 6.07) is 8.94. The number of fused-ring (bicyclic) bond motifs is 1. The van der Waals surface area contributed by atoms with Crippen molar-refractivity contribution in [1.82, 2.24) is 9.97 Å². The highest BCUT2D eigenvalue weighted by Crippen LogP contribution is 2.39. The van der Waals surface area contributed by atoms with Crippen molar-refractivity contribution in [2.45, 2.75) is 25.8 Å². The lowest BCUT2D eigenvalue weighted by Crippen LogP contribution is -2.31. The van der Waals surface area contributed by atoms with Gasteiger partial charge in [-0.15, -0.1) is 0 Å². The molecule has 0 N–H and O–H groups in total. The summed E-state index contributed by atoms with van der Waals surface area (Å²) in [6.45, 7) is 1.52. The molecule has 0 radical (unpaired) electrons. The standard InChI is InChI=1S/C23H14ClF6N3OS/c1-12-5-6-17(24)19-18(12)32-21(35-19)33(11-16-4-2-3-7-31-16)20(34)13-8-14(22(25,26)27)10-15(9-13)23(28,29)30/h2-10H,11H2,1H3. The van der Waals surface area contributed by atoms with Gasteiger partial charge in [-0.25, -0.2) is 4.98 Å². The first-order valence-electron chi connectivity index (χ1n) is 9.91. The van der Waals surface area contributed by atoms with Gasteiger partial charge in [-0.3, -0.25) is 14.7 Å². The number of pyridine rings is 1. The van der Waals surface area contributed by atoms with E-state index in [1.807, 2.05) is 0 Å². The highest BCUT2D eigenvalue weighted by molar-refractivity contribution is 7.23. The van der Waals surface area contributed by atoms with E-state index in [4.69, 9.17) is 11.6 Å². The number of carbonyl (C=O) groups excluding carboxylic acids is 1. The Morgan fingerprint density at radius 2 is 1.66 bits per heavy atom. The summed E-state index contributed by atoms with van der Waals surface area (Å²) >= 11 is 7.25. The molecule has 0 saturated heterocycles. The van der Waals surface area contributed by atoms with Gasteiger partial charge in [0.1, 0.15) is 0 Å². The van der Waals surface area contributed by atoms with Crippen molar-refractivity contribution in [2.75, 3.05) is 4.90 Å². The number of alkyl halides is 6. The third-order valence-electron chi connectivity index (χ3n) is 5.04. The molecule has 1 amide bonds. The molecule has 0 atom stereocenters. The van der Waals surface area contributed by atoms with Gasteiger partial charge in [0.25, 0.3) is 5.91 Å². The number of hydrogen-bond donors (Lipinski definition) is 0.